The van der Waals surface area contributed by atoms with E-state index < -0.39 is 17.6 Å². The Morgan fingerprint density at radius 3 is 2.86 bits per heavy atom. The Kier molecular flexibility index (Phi) is 6.45. The Morgan fingerprint density at radius 1 is 1.14 bits per heavy atom. The van der Waals surface area contributed by atoms with Gasteiger partial charge in [-0.3, -0.25) is 4.79 Å². The molecule has 0 fully saturated rings. The van der Waals surface area contributed by atoms with Crippen LogP contribution in [-0.4, -0.2) is 31.8 Å². The normalized spacial score (nSPS) is 14.5. The molecule has 0 saturated carbocycles. The molecule has 1 unspecified atom stereocenters. The lowest BCUT2D eigenvalue weighted by molar-refractivity contribution is -0.136. The summed E-state index contributed by atoms with van der Waals surface area (Å²) in [5.41, 5.74) is 3.34. The number of ether oxygens (including phenoxy) is 2. The lowest BCUT2D eigenvalue weighted by Gasteiger charge is -2.18. The molecule has 0 radical (unpaired) electrons. The molecule has 5 rings (SSSR count). The highest BCUT2D eigenvalue weighted by molar-refractivity contribution is 7.99. The van der Waals surface area contributed by atoms with E-state index in [0.717, 1.165) is 29.0 Å². The number of carboxylic acids is 1. The number of aromatic nitrogens is 3. The number of benzene rings is 2. The summed E-state index contributed by atoms with van der Waals surface area (Å²) in [7, 11) is 0. The van der Waals surface area contributed by atoms with Gasteiger partial charge in [-0.05, 0) is 30.3 Å². The third-order valence-corrected chi connectivity index (χ3v) is 6.79. The van der Waals surface area contributed by atoms with Crippen molar-refractivity contribution in [2.45, 2.75) is 24.9 Å². The Hall–Kier alpha value is -3.79. The van der Waals surface area contributed by atoms with Gasteiger partial charge < -0.3 is 14.6 Å². The number of carboxylic acid groups (broad SMARTS) is 1. The topological polar surface area (TPSA) is 94.4 Å². The number of nitrogens with zero attached hydrogens (tertiary/aromatic N) is 3. The number of carbonyl (C=O) groups is 1. The number of pyridine rings is 1. The van der Waals surface area contributed by atoms with Gasteiger partial charge in [-0.15, -0.1) is 11.8 Å². The molecule has 0 aliphatic carbocycles. The zero-order valence-corrected chi connectivity index (χ0v) is 19.1. The molecule has 2 aromatic heterocycles. The van der Waals surface area contributed by atoms with Gasteiger partial charge in [0.2, 0.25) is 0 Å². The van der Waals surface area contributed by atoms with Crippen LogP contribution >= 0.6 is 11.8 Å². The van der Waals surface area contributed by atoms with E-state index in [1.54, 1.807) is 30.5 Å². The number of hydrogen-bond acceptors (Lipinski definition) is 7. The first-order valence-corrected chi connectivity index (χ1v) is 11.8. The molecule has 3 heterocycles. The minimum absolute atomic E-state index is 0.0225. The van der Waals surface area contributed by atoms with Crippen LogP contribution in [0.2, 0.25) is 0 Å². The maximum absolute atomic E-state index is 13.6. The molecule has 7 nitrogen and oxygen atoms in total. The fraction of sp³-hybridized carbons (Fsp3) is 0.200. The first-order valence-electron chi connectivity index (χ1n) is 10.7. The second-order valence-electron chi connectivity index (χ2n) is 7.86. The van der Waals surface area contributed by atoms with Gasteiger partial charge in [0.05, 0.1) is 28.6 Å². The maximum Gasteiger partial charge on any atom is 0.304 e. The van der Waals surface area contributed by atoms with E-state index in [1.165, 1.54) is 18.1 Å². The lowest BCUT2D eigenvalue weighted by atomic mass is 10.0. The number of halogens is 2. The largest absolute Gasteiger partial charge is 0.487 e. The predicted molar refractivity (Wildman–Crippen MR) is 125 cm³/mol. The molecule has 1 N–H and O–H groups in total. The zero-order valence-electron chi connectivity index (χ0n) is 18.3. The molecule has 0 saturated heterocycles. The number of hydrogen-bond donors (Lipinski definition) is 1. The molecule has 35 heavy (non-hydrogen) atoms. The summed E-state index contributed by atoms with van der Waals surface area (Å²) in [6.45, 7) is 0.393. The second-order valence-corrected chi connectivity index (χ2v) is 9.07. The second kappa shape index (κ2) is 9.83. The van der Waals surface area contributed by atoms with Gasteiger partial charge in [-0.1, -0.05) is 6.07 Å². The van der Waals surface area contributed by atoms with Crippen molar-refractivity contribution in [1.29, 1.82) is 0 Å². The molecule has 1 atom stereocenters. The Bertz CT molecular complexity index is 1420. The molecule has 0 spiro atoms. The van der Waals surface area contributed by atoms with Crippen LogP contribution < -0.4 is 9.47 Å². The molecule has 1 aliphatic rings. The summed E-state index contributed by atoms with van der Waals surface area (Å²) >= 11 is 1.48. The minimum Gasteiger partial charge on any atom is -0.487 e. The molecule has 2 aromatic carbocycles. The fourth-order valence-corrected chi connectivity index (χ4v) is 5.08. The molecular formula is C25H19F2N3O4S. The Morgan fingerprint density at radius 2 is 2.00 bits per heavy atom. The highest BCUT2D eigenvalue weighted by atomic mass is 32.2. The van der Waals surface area contributed by atoms with Crippen molar-refractivity contribution in [2.24, 2.45) is 0 Å². The van der Waals surface area contributed by atoms with E-state index in [4.69, 9.17) is 14.6 Å². The average Bonchev–Trinajstić information content (AvgIpc) is 3.00. The fourth-order valence-electron chi connectivity index (χ4n) is 3.81. The molecule has 178 valence electrons. The van der Waals surface area contributed by atoms with Crippen molar-refractivity contribution in [2.75, 3.05) is 5.75 Å². The van der Waals surface area contributed by atoms with Crippen molar-refractivity contribution in [1.82, 2.24) is 15.0 Å². The third-order valence-electron chi connectivity index (χ3n) is 5.51. The molecular weight excluding hydrogens is 476 g/mol. The quantitative estimate of drug-likeness (QED) is 0.380. The van der Waals surface area contributed by atoms with Crippen LogP contribution in [0.4, 0.5) is 8.78 Å². The van der Waals surface area contributed by atoms with Crippen molar-refractivity contribution in [3.05, 3.63) is 89.1 Å². The van der Waals surface area contributed by atoms with Crippen molar-refractivity contribution >= 4 is 28.6 Å². The summed E-state index contributed by atoms with van der Waals surface area (Å²) in [6.07, 6.45) is 3.21. The van der Waals surface area contributed by atoms with Gasteiger partial charge in [0, 0.05) is 34.5 Å². The Balaban J connectivity index is 1.40. The van der Waals surface area contributed by atoms with Crippen molar-refractivity contribution < 1.29 is 28.2 Å². The third kappa shape index (κ3) is 5.02. The van der Waals surface area contributed by atoms with E-state index in [1.807, 2.05) is 6.07 Å². The van der Waals surface area contributed by atoms with Gasteiger partial charge in [-0.2, -0.15) is 0 Å². The monoisotopic (exact) mass is 495 g/mol. The molecule has 4 aromatic rings. The Labute approximate surface area is 203 Å². The summed E-state index contributed by atoms with van der Waals surface area (Å²) < 4.78 is 39.0. The highest BCUT2D eigenvalue weighted by Crippen LogP contribution is 2.45. The standard InChI is InChI=1S/C25H19F2N3O4S/c26-19-7-14-1-2-15(30-21(14)9-20(19)27)11-33-16-3-4-23-17(8-16)25(35-6-5-24(31)32)18-10-28-13-29-22(18)12-34-23/h1-4,7-10,13,25H,5-6,11-12H2,(H,31,32). The smallest absolute Gasteiger partial charge is 0.304 e. The van der Waals surface area contributed by atoms with E-state index in [2.05, 4.69) is 15.0 Å². The molecule has 1 aliphatic heterocycles. The number of aliphatic carboxylic acids is 1. The SMILES string of the molecule is O=C(O)CCSC1c2cc(OCc3ccc4cc(F)c(F)cc4n3)ccc2OCc2ncncc21. The van der Waals surface area contributed by atoms with E-state index >= 15 is 0 Å². The van der Waals surface area contributed by atoms with Crippen LogP contribution in [-0.2, 0) is 18.0 Å². The van der Waals surface area contributed by atoms with Gasteiger partial charge >= 0.3 is 5.97 Å². The summed E-state index contributed by atoms with van der Waals surface area (Å²) in [5.74, 6) is -1.12. The van der Waals surface area contributed by atoms with Crippen molar-refractivity contribution in [3.8, 4) is 11.5 Å². The minimum atomic E-state index is -0.954. The van der Waals surface area contributed by atoms with Crippen LogP contribution in [0.15, 0.2) is 55.0 Å². The zero-order chi connectivity index (χ0) is 24.4. The van der Waals surface area contributed by atoms with Gasteiger partial charge in [0.1, 0.15) is 31.0 Å². The van der Waals surface area contributed by atoms with Crippen LogP contribution in [0.5, 0.6) is 11.5 Å². The van der Waals surface area contributed by atoms with Gasteiger partial charge in [-0.25, -0.2) is 23.7 Å². The maximum atomic E-state index is 13.6. The summed E-state index contributed by atoms with van der Waals surface area (Å²) in [4.78, 5) is 23.9. The van der Waals surface area contributed by atoms with E-state index in [-0.39, 0.29) is 24.9 Å². The van der Waals surface area contributed by atoms with Gasteiger partial charge in [0.25, 0.3) is 0 Å². The van der Waals surface area contributed by atoms with E-state index in [9.17, 15) is 13.6 Å². The number of rotatable bonds is 7. The average molecular weight is 496 g/mol. The first kappa shape index (κ1) is 23.0. The van der Waals surface area contributed by atoms with Crippen LogP contribution in [0.1, 0.15) is 34.2 Å². The first-order chi connectivity index (χ1) is 17.0. The number of thioether (sulfide) groups is 1. The lowest BCUT2D eigenvalue weighted by Crippen LogP contribution is -2.05. The predicted octanol–water partition coefficient (Wildman–Crippen LogP) is 5.07. The van der Waals surface area contributed by atoms with Crippen LogP contribution in [0.25, 0.3) is 10.9 Å². The van der Waals surface area contributed by atoms with Crippen LogP contribution in [0, 0.1) is 11.6 Å². The summed E-state index contributed by atoms with van der Waals surface area (Å²) in [6, 6.07) is 11.0. The summed E-state index contributed by atoms with van der Waals surface area (Å²) in [5, 5.41) is 9.34. The van der Waals surface area contributed by atoms with Crippen LogP contribution in [0.3, 0.4) is 0 Å². The van der Waals surface area contributed by atoms with E-state index in [0.29, 0.717) is 33.8 Å². The molecule has 0 bridgehead atoms. The van der Waals surface area contributed by atoms with Gasteiger partial charge in [0.15, 0.2) is 11.6 Å². The highest BCUT2D eigenvalue weighted by Gasteiger charge is 2.27. The number of fused-ring (bicyclic) bond motifs is 3. The molecule has 0 amide bonds. The van der Waals surface area contributed by atoms with Crippen molar-refractivity contribution in [3.63, 3.8) is 0 Å². The molecule has 10 heteroatoms.